The van der Waals surface area contributed by atoms with Crippen LogP contribution in [0, 0.1) is 0 Å². The molecule has 0 saturated carbocycles. The summed E-state index contributed by atoms with van der Waals surface area (Å²) in [5.41, 5.74) is 0.921. The number of amides is 1. The van der Waals surface area contributed by atoms with Crippen LogP contribution in [0.5, 0.6) is 11.5 Å². The van der Waals surface area contributed by atoms with Crippen LogP contribution in [-0.4, -0.2) is 22.4 Å². The topological polar surface area (TPSA) is 86.6 Å². The number of para-hydroxylation sites is 1. The zero-order chi connectivity index (χ0) is 13.8. The molecule has 0 radical (unpaired) electrons. The molecule has 0 unspecified atom stereocenters. The Morgan fingerprint density at radius 2 is 1.79 bits per heavy atom. The number of phenolic OH excluding ortho intramolecular Hbond substituents is 2. The van der Waals surface area contributed by atoms with E-state index in [0.29, 0.717) is 17.5 Å². The van der Waals surface area contributed by atoms with Crippen molar-refractivity contribution in [3.63, 3.8) is 0 Å². The molecule has 2 aromatic rings. The summed E-state index contributed by atoms with van der Waals surface area (Å²) in [6.07, 6.45) is 0.643. The molecule has 0 fully saturated rings. The first-order valence-corrected chi connectivity index (χ1v) is 5.49. The Morgan fingerprint density at radius 3 is 2.47 bits per heavy atom. The van der Waals surface area contributed by atoms with Crippen molar-refractivity contribution in [2.45, 2.75) is 0 Å². The molecule has 5 heteroatoms. The summed E-state index contributed by atoms with van der Waals surface area (Å²) in [4.78, 5) is 22.7. The summed E-state index contributed by atoms with van der Waals surface area (Å²) >= 11 is 0. The van der Waals surface area contributed by atoms with Crippen LogP contribution >= 0.6 is 0 Å². The number of carbonyl (C=O) groups is 2. The molecule has 0 bridgehead atoms. The summed E-state index contributed by atoms with van der Waals surface area (Å²) in [7, 11) is 0. The third kappa shape index (κ3) is 2.71. The van der Waals surface area contributed by atoms with Crippen LogP contribution < -0.4 is 5.32 Å². The number of anilines is 1. The van der Waals surface area contributed by atoms with Gasteiger partial charge in [0.1, 0.15) is 0 Å². The summed E-state index contributed by atoms with van der Waals surface area (Å²) in [6, 6.07) is 10.3. The molecular weight excluding hydrogens is 246 g/mol. The molecule has 0 heterocycles. The van der Waals surface area contributed by atoms with E-state index >= 15 is 0 Å². The Hall–Kier alpha value is -2.82. The molecule has 0 saturated heterocycles. The lowest BCUT2D eigenvalue weighted by atomic mass is 10.1. The van der Waals surface area contributed by atoms with Crippen molar-refractivity contribution in [2.75, 3.05) is 5.32 Å². The van der Waals surface area contributed by atoms with Crippen LogP contribution in [0.3, 0.4) is 0 Å². The van der Waals surface area contributed by atoms with E-state index in [2.05, 4.69) is 5.32 Å². The SMILES string of the molecule is O=Cc1ccccc1NC(=O)c1ccc(O)c(O)c1. The second kappa shape index (κ2) is 5.22. The first kappa shape index (κ1) is 12.6. The predicted octanol–water partition coefficient (Wildman–Crippen LogP) is 2.16. The van der Waals surface area contributed by atoms with Crippen LogP contribution in [-0.2, 0) is 0 Å². The number of hydrogen-bond acceptors (Lipinski definition) is 4. The van der Waals surface area contributed by atoms with Crippen molar-refractivity contribution in [1.29, 1.82) is 0 Å². The van der Waals surface area contributed by atoms with E-state index in [1.807, 2.05) is 0 Å². The van der Waals surface area contributed by atoms with Gasteiger partial charge in [-0.1, -0.05) is 12.1 Å². The fourth-order valence-electron chi connectivity index (χ4n) is 1.57. The van der Waals surface area contributed by atoms with Crippen molar-refractivity contribution in [1.82, 2.24) is 0 Å². The van der Waals surface area contributed by atoms with Crippen molar-refractivity contribution in [3.05, 3.63) is 53.6 Å². The predicted molar refractivity (Wildman–Crippen MR) is 69.6 cm³/mol. The standard InChI is InChI=1S/C14H11NO4/c16-8-10-3-1-2-4-11(10)15-14(19)9-5-6-12(17)13(18)7-9/h1-8,17-18H,(H,15,19). The zero-order valence-electron chi connectivity index (χ0n) is 9.83. The second-order valence-electron chi connectivity index (χ2n) is 3.86. The quantitative estimate of drug-likeness (QED) is 0.581. The molecule has 3 N–H and O–H groups in total. The number of benzene rings is 2. The van der Waals surface area contributed by atoms with E-state index in [-0.39, 0.29) is 17.1 Å². The number of rotatable bonds is 3. The van der Waals surface area contributed by atoms with Crippen LogP contribution in [0.15, 0.2) is 42.5 Å². The van der Waals surface area contributed by atoms with Gasteiger partial charge in [-0.2, -0.15) is 0 Å². The second-order valence-corrected chi connectivity index (χ2v) is 3.86. The molecule has 0 aliphatic carbocycles. The number of aromatic hydroxyl groups is 2. The highest BCUT2D eigenvalue weighted by Crippen LogP contribution is 2.25. The maximum absolute atomic E-state index is 11.9. The minimum absolute atomic E-state index is 0.177. The molecule has 19 heavy (non-hydrogen) atoms. The van der Waals surface area contributed by atoms with E-state index in [4.69, 9.17) is 5.11 Å². The molecule has 0 atom stereocenters. The fourth-order valence-corrected chi connectivity index (χ4v) is 1.57. The average Bonchev–Trinajstić information content (AvgIpc) is 2.42. The largest absolute Gasteiger partial charge is 0.504 e. The van der Waals surface area contributed by atoms with Gasteiger partial charge in [0.25, 0.3) is 5.91 Å². The van der Waals surface area contributed by atoms with Gasteiger partial charge < -0.3 is 15.5 Å². The van der Waals surface area contributed by atoms with E-state index in [9.17, 15) is 14.7 Å². The third-order valence-corrected chi connectivity index (χ3v) is 2.57. The fraction of sp³-hybridized carbons (Fsp3) is 0. The number of phenols is 2. The van der Waals surface area contributed by atoms with E-state index < -0.39 is 5.91 Å². The zero-order valence-corrected chi connectivity index (χ0v) is 9.83. The van der Waals surface area contributed by atoms with Crippen molar-refractivity contribution in [3.8, 4) is 11.5 Å². The molecule has 96 valence electrons. The maximum Gasteiger partial charge on any atom is 0.255 e. The first-order chi connectivity index (χ1) is 9.11. The van der Waals surface area contributed by atoms with Gasteiger partial charge in [0, 0.05) is 11.1 Å². The Bertz CT molecular complexity index is 637. The van der Waals surface area contributed by atoms with Gasteiger partial charge in [-0.05, 0) is 30.3 Å². The lowest BCUT2D eigenvalue weighted by molar-refractivity contribution is 0.102. The van der Waals surface area contributed by atoms with Gasteiger partial charge in [-0.3, -0.25) is 9.59 Å². The summed E-state index contributed by atoms with van der Waals surface area (Å²) in [5, 5.41) is 21.1. The van der Waals surface area contributed by atoms with Crippen molar-refractivity contribution in [2.24, 2.45) is 0 Å². The van der Waals surface area contributed by atoms with E-state index in [1.54, 1.807) is 24.3 Å². The van der Waals surface area contributed by atoms with Crippen LogP contribution in [0.25, 0.3) is 0 Å². The minimum atomic E-state index is -0.482. The Labute approximate surface area is 109 Å². The number of nitrogens with one attached hydrogen (secondary N) is 1. The van der Waals surface area contributed by atoms with Gasteiger partial charge in [0.05, 0.1) is 5.69 Å². The smallest absolute Gasteiger partial charge is 0.255 e. The molecule has 2 rings (SSSR count). The highest BCUT2D eigenvalue weighted by molar-refractivity contribution is 6.06. The van der Waals surface area contributed by atoms with E-state index in [0.717, 1.165) is 6.07 Å². The molecule has 0 aliphatic heterocycles. The molecular formula is C14H11NO4. The number of aldehydes is 1. The van der Waals surface area contributed by atoms with E-state index in [1.165, 1.54) is 12.1 Å². The summed E-state index contributed by atoms with van der Waals surface area (Å²) < 4.78 is 0. The highest BCUT2D eigenvalue weighted by Gasteiger charge is 2.10. The number of carbonyl (C=O) groups excluding carboxylic acids is 2. The van der Waals surface area contributed by atoms with Gasteiger partial charge in [0.15, 0.2) is 17.8 Å². The Balaban J connectivity index is 2.25. The third-order valence-electron chi connectivity index (χ3n) is 2.57. The van der Waals surface area contributed by atoms with Crippen molar-refractivity contribution >= 4 is 17.9 Å². The molecule has 0 aliphatic rings. The summed E-state index contributed by atoms with van der Waals surface area (Å²) in [5.74, 6) is -1.16. The summed E-state index contributed by atoms with van der Waals surface area (Å²) in [6.45, 7) is 0. The van der Waals surface area contributed by atoms with Gasteiger partial charge in [0.2, 0.25) is 0 Å². The molecule has 1 amide bonds. The van der Waals surface area contributed by atoms with Gasteiger partial charge >= 0.3 is 0 Å². The molecule has 2 aromatic carbocycles. The monoisotopic (exact) mass is 257 g/mol. The van der Waals surface area contributed by atoms with Crippen LogP contribution in [0.4, 0.5) is 5.69 Å². The Morgan fingerprint density at radius 1 is 1.05 bits per heavy atom. The van der Waals surface area contributed by atoms with Crippen LogP contribution in [0.1, 0.15) is 20.7 Å². The van der Waals surface area contributed by atoms with Crippen LogP contribution in [0.2, 0.25) is 0 Å². The maximum atomic E-state index is 11.9. The molecule has 0 aromatic heterocycles. The molecule has 0 spiro atoms. The van der Waals surface area contributed by atoms with Gasteiger partial charge in [-0.25, -0.2) is 0 Å². The van der Waals surface area contributed by atoms with Crippen molar-refractivity contribution < 1.29 is 19.8 Å². The molecule has 5 nitrogen and oxygen atoms in total. The van der Waals surface area contributed by atoms with Gasteiger partial charge in [-0.15, -0.1) is 0 Å². The Kier molecular flexibility index (Phi) is 3.47. The first-order valence-electron chi connectivity index (χ1n) is 5.49. The lowest BCUT2D eigenvalue weighted by Crippen LogP contribution is -2.13. The lowest BCUT2D eigenvalue weighted by Gasteiger charge is -2.08. The highest BCUT2D eigenvalue weighted by atomic mass is 16.3. The average molecular weight is 257 g/mol. The minimum Gasteiger partial charge on any atom is -0.504 e. The number of hydrogen-bond donors (Lipinski definition) is 3. The normalized spacial score (nSPS) is 9.89.